The third-order valence-corrected chi connectivity index (χ3v) is 4.20. The van der Waals surface area contributed by atoms with Gasteiger partial charge in [-0.25, -0.2) is 0 Å². The van der Waals surface area contributed by atoms with Gasteiger partial charge in [-0.3, -0.25) is 0 Å². The average molecular weight is 250 g/mol. The van der Waals surface area contributed by atoms with Crippen LogP contribution in [0.5, 0.6) is 0 Å². The van der Waals surface area contributed by atoms with Crippen molar-refractivity contribution in [3.8, 4) is 0 Å². The van der Waals surface area contributed by atoms with E-state index in [2.05, 4.69) is 47.0 Å². The third kappa shape index (κ3) is 4.70. The van der Waals surface area contributed by atoms with Crippen molar-refractivity contribution < 1.29 is 0 Å². The number of rotatable bonds is 4. The molecule has 1 aromatic rings. The van der Waals surface area contributed by atoms with Gasteiger partial charge in [-0.2, -0.15) is 11.8 Å². The molecule has 1 saturated heterocycles. The van der Waals surface area contributed by atoms with Gasteiger partial charge in [-0.15, -0.1) is 0 Å². The Bertz CT molecular complexity index is 307. The van der Waals surface area contributed by atoms with Crippen molar-refractivity contribution in [2.75, 3.05) is 31.1 Å². The second-order valence-electron chi connectivity index (χ2n) is 4.72. The lowest BCUT2D eigenvalue weighted by Crippen LogP contribution is -2.39. The normalized spacial score (nSPS) is 19.8. The van der Waals surface area contributed by atoms with Crippen LogP contribution in [0.1, 0.15) is 12.0 Å². The summed E-state index contributed by atoms with van der Waals surface area (Å²) in [6.07, 6.45) is 2.30. The highest BCUT2D eigenvalue weighted by atomic mass is 32.2. The maximum atomic E-state index is 6.24. The summed E-state index contributed by atoms with van der Waals surface area (Å²) in [6, 6.07) is 10.8. The zero-order chi connectivity index (χ0) is 11.9. The molecule has 1 atom stereocenters. The van der Waals surface area contributed by atoms with Gasteiger partial charge < -0.3 is 10.6 Å². The average Bonchev–Trinajstić information content (AvgIpc) is 2.59. The molecule has 0 amide bonds. The van der Waals surface area contributed by atoms with Crippen LogP contribution in [0, 0.1) is 0 Å². The molecule has 0 aromatic heterocycles. The summed E-state index contributed by atoms with van der Waals surface area (Å²) in [6.45, 7) is 3.46. The van der Waals surface area contributed by atoms with Crippen LogP contribution >= 0.6 is 11.8 Å². The number of nitrogens with zero attached hydrogens (tertiary/aromatic N) is 1. The first-order valence-corrected chi connectivity index (χ1v) is 7.59. The Kier molecular flexibility index (Phi) is 5.36. The van der Waals surface area contributed by atoms with Gasteiger partial charge in [-0.1, -0.05) is 30.3 Å². The van der Waals surface area contributed by atoms with E-state index < -0.39 is 0 Å². The summed E-state index contributed by atoms with van der Waals surface area (Å²) in [5, 5.41) is 0. The number of hydrogen-bond acceptors (Lipinski definition) is 3. The highest BCUT2D eigenvalue weighted by Gasteiger charge is 2.13. The number of thioether (sulfide) groups is 1. The smallest absolute Gasteiger partial charge is 0.0208 e. The number of hydrogen-bond donors (Lipinski definition) is 1. The predicted molar refractivity (Wildman–Crippen MR) is 76.5 cm³/mol. The van der Waals surface area contributed by atoms with Gasteiger partial charge in [0, 0.05) is 24.9 Å². The molecule has 1 aromatic carbocycles. The Morgan fingerprint density at radius 1 is 1.18 bits per heavy atom. The van der Waals surface area contributed by atoms with Crippen LogP contribution in [0.4, 0.5) is 0 Å². The van der Waals surface area contributed by atoms with E-state index in [4.69, 9.17) is 5.73 Å². The van der Waals surface area contributed by atoms with Crippen LogP contribution in [0.25, 0.3) is 0 Å². The van der Waals surface area contributed by atoms with Crippen molar-refractivity contribution in [1.82, 2.24) is 4.90 Å². The van der Waals surface area contributed by atoms with E-state index in [-0.39, 0.29) is 6.04 Å². The van der Waals surface area contributed by atoms with Crippen molar-refractivity contribution in [3.63, 3.8) is 0 Å². The number of nitrogens with two attached hydrogens (primary N) is 1. The highest BCUT2D eigenvalue weighted by Crippen LogP contribution is 2.11. The van der Waals surface area contributed by atoms with E-state index in [0.717, 1.165) is 13.0 Å². The van der Waals surface area contributed by atoms with Crippen LogP contribution < -0.4 is 5.73 Å². The molecule has 94 valence electrons. The van der Waals surface area contributed by atoms with Gasteiger partial charge >= 0.3 is 0 Å². The molecule has 1 aliphatic heterocycles. The summed E-state index contributed by atoms with van der Waals surface area (Å²) < 4.78 is 0. The van der Waals surface area contributed by atoms with Gasteiger partial charge in [-0.05, 0) is 30.7 Å². The van der Waals surface area contributed by atoms with Crippen LogP contribution in [0.15, 0.2) is 30.3 Å². The Balaban J connectivity index is 1.78. The number of benzene rings is 1. The molecule has 1 fully saturated rings. The second kappa shape index (κ2) is 7.04. The van der Waals surface area contributed by atoms with Crippen molar-refractivity contribution in [2.24, 2.45) is 5.73 Å². The summed E-state index contributed by atoms with van der Waals surface area (Å²) in [5.74, 6) is 2.57. The zero-order valence-electron chi connectivity index (χ0n) is 10.3. The van der Waals surface area contributed by atoms with Crippen molar-refractivity contribution >= 4 is 11.8 Å². The van der Waals surface area contributed by atoms with E-state index in [1.165, 1.54) is 36.6 Å². The molecule has 0 saturated carbocycles. The van der Waals surface area contributed by atoms with Crippen LogP contribution in [0.3, 0.4) is 0 Å². The van der Waals surface area contributed by atoms with Gasteiger partial charge in [0.15, 0.2) is 0 Å². The molecule has 2 N–H and O–H groups in total. The van der Waals surface area contributed by atoms with Crippen LogP contribution in [-0.2, 0) is 6.42 Å². The van der Waals surface area contributed by atoms with Gasteiger partial charge in [0.05, 0.1) is 0 Å². The molecule has 0 radical (unpaired) electrons. The molecule has 1 heterocycles. The fourth-order valence-electron chi connectivity index (χ4n) is 2.29. The van der Waals surface area contributed by atoms with Gasteiger partial charge in [0.25, 0.3) is 0 Å². The maximum Gasteiger partial charge on any atom is 0.0208 e. The molecular weight excluding hydrogens is 228 g/mol. The minimum absolute atomic E-state index is 0.264. The minimum atomic E-state index is 0.264. The Morgan fingerprint density at radius 2 is 2.00 bits per heavy atom. The molecule has 2 nitrogen and oxygen atoms in total. The molecule has 0 aliphatic carbocycles. The molecule has 0 bridgehead atoms. The monoisotopic (exact) mass is 250 g/mol. The van der Waals surface area contributed by atoms with Gasteiger partial charge in [0.2, 0.25) is 0 Å². The van der Waals surface area contributed by atoms with Crippen LogP contribution in [0.2, 0.25) is 0 Å². The third-order valence-electron chi connectivity index (χ3n) is 3.15. The topological polar surface area (TPSA) is 29.3 Å². The SMILES string of the molecule is NC(Cc1ccccc1)CN1CCCSCC1. The van der Waals surface area contributed by atoms with Gasteiger partial charge in [0.1, 0.15) is 0 Å². The standard InChI is InChI=1S/C14H22N2S/c15-14(11-13-5-2-1-3-6-13)12-16-7-4-9-17-10-8-16/h1-3,5-6,14H,4,7-12,15H2. The molecule has 3 heteroatoms. The second-order valence-corrected chi connectivity index (χ2v) is 5.94. The quantitative estimate of drug-likeness (QED) is 0.886. The fraction of sp³-hybridized carbons (Fsp3) is 0.571. The lowest BCUT2D eigenvalue weighted by molar-refractivity contribution is 0.275. The minimum Gasteiger partial charge on any atom is -0.326 e. The Hall–Kier alpha value is -0.510. The van der Waals surface area contributed by atoms with E-state index >= 15 is 0 Å². The lowest BCUT2D eigenvalue weighted by atomic mass is 10.1. The van der Waals surface area contributed by atoms with Crippen molar-refractivity contribution in [3.05, 3.63) is 35.9 Å². The molecule has 2 rings (SSSR count). The first-order chi connectivity index (χ1) is 8.34. The fourth-order valence-corrected chi connectivity index (χ4v) is 3.22. The summed E-state index contributed by atoms with van der Waals surface area (Å²) in [4.78, 5) is 2.52. The summed E-state index contributed by atoms with van der Waals surface area (Å²) in [7, 11) is 0. The lowest BCUT2D eigenvalue weighted by Gasteiger charge is -2.23. The van der Waals surface area contributed by atoms with Crippen LogP contribution in [-0.4, -0.2) is 42.1 Å². The van der Waals surface area contributed by atoms with E-state index in [0.29, 0.717) is 0 Å². The highest BCUT2D eigenvalue weighted by molar-refractivity contribution is 7.99. The molecule has 1 unspecified atom stereocenters. The molecular formula is C14H22N2S. The van der Waals surface area contributed by atoms with Crippen molar-refractivity contribution in [1.29, 1.82) is 0 Å². The first kappa shape index (κ1) is 12.9. The Morgan fingerprint density at radius 3 is 2.82 bits per heavy atom. The summed E-state index contributed by atoms with van der Waals surface area (Å²) >= 11 is 2.07. The Labute approximate surface area is 109 Å². The summed E-state index contributed by atoms with van der Waals surface area (Å²) in [5.41, 5.74) is 7.59. The first-order valence-electron chi connectivity index (χ1n) is 6.44. The molecule has 17 heavy (non-hydrogen) atoms. The molecule has 0 spiro atoms. The predicted octanol–water partition coefficient (Wildman–Crippen LogP) is 2.00. The maximum absolute atomic E-state index is 6.24. The van der Waals surface area contributed by atoms with E-state index in [1.807, 2.05) is 0 Å². The molecule has 1 aliphatic rings. The zero-order valence-corrected chi connectivity index (χ0v) is 11.2. The van der Waals surface area contributed by atoms with E-state index in [9.17, 15) is 0 Å². The van der Waals surface area contributed by atoms with Crippen molar-refractivity contribution in [2.45, 2.75) is 18.9 Å². The van der Waals surface area contributed by atoms with E-state index in [1.54, 1.807) is 0 Å². The largest absolute Gasteiger partial charge is 0.326 e.